The minimum absolute atomic E-state index is 0.0420. The second-order valence-corrected chi connectivity index (χ2v) is 5.48. The van der Waals surface area contributed by atoms with E-state index in [1.54, 1.807) is 7.05 Å². The molecular formula is C14H22N2OS. The number of rotatable bonds is 7. The fourth-order valence-electron chi connectivity index (χ4n) is 1.64. The number of aryl methyl sites for hydroxylation is 1. The smallest absolute Gasteiger partial charge is 0.251 e. The van der Waals surface area contributed by atoms with Crippen molar-refractivity contribution in [1.29, 1.82) is 0 Å². The van der Waals surface area contributed by atoms with Crippen LogP contribution in [-0.4, -0.2) is 31.0 Å². The lowest BCUT2D eigenvalue weighted by atomic mass is 10.1. The first-order chi connectivity index (χ1) is 8.69. The number of hydrogen-bond donors (Lipinski definition) is 2. The second kappa shape index (κ2) is 8.03. The molecule has 0 atom stereocenters. The molecule has 0 bridgehead atoms. The van der Waals surface area contributed by atoms with Crippen molar-refractivity contribution in [3.05, 3.63) is 29.3 Å². The highest BCUT2D eigenvalue weighted by molar-refractivity contribution is 7.99. The monoisotopic (exact) mass is 266 g/mol. The molecule has 0 saturated heterocycles. The fourth-order valence-corrected chi connectivity index (χ4v) is 2.28. The van der Waals surface area contributed by atoms with Crippen LogP contribution in [0, 0.1) is 6.92 Å². The van der Waals surface area contributed by atoms with E-state index in [2.05, 4.69) is 24.5 Å². The summed E-state index contributed by atoms with van der Waals surface area (Å²) in [5.41, 5.74) is 2.93. The lowest BCUT2D eigenvalue weighted by Gasteiger charge is -2.11. The summed E-state index contributed by atoms with van der Waals surface area (Å²) in [6.45, 7) is 5.18. The molecule has 3 nitrogen and oxygen atoms in total. The molecule has 1 aromatic carbocycles. The molecule has 0 aliphatic rings. The number of nitrogens with one attached hydrogen (secondary N) is 2. The quantitative estimate of drug-likeness (QED) is 0.746. The van der Waals surface area contributed by atoms with Crippen molar-refractivity contribution < 1.29 is 4.79 Å². The summed E-state index contributed by atoms with van der Waals surface area (Å²) in [7, 11) is 1.65. The van der Waals surface area contributed by atoms with Crippen molar-refractivity contribution in [3.8, 4) is 0 Å². The molecule has 0 aliphatic carbocycles. The van der Waals surface area contributed by atoms with Crippen molar-refractivity contribution in [2.75, 3.05) is 30.4 Å². The van der Waals surface area contributed by atoms with Crippen LogP contribution < -0.4 is 10.6 Å². The first-order valence-corrected chi connectivity index (χ1v) is 7.48. The number of carbonyl (C=O) groups excluding carboxylic acids is 1. The van der Waals surface area contributed by atoms with Gasteiger partial charge in [-0.2, -0.15) is 11.8 Å². The molecular weight excluding hydrogens is 244 g/mol. The maximum Gasteiger partial charge on any atom is 0.251 e. The number of amides is 1. The van der Waals surface area contributed by atoms with E-state index in [0.717, 1.165) is 18.7 Å². The lowest BCUT2D eigenvalue weighted by Crippen LogP contribution is -2.18. The minimum Gasteiger partial charge on any atom is -0.385 e. The van der Waals surface area contributed by atoms with Gasteiger partial charge >= 0.3 is 0 Å². The summed E-state index contributed by atoms with van der Waals surface area (Å²) in [5.74, 6) is 2.31. The average molecular weight is 266 g/mol. The molecule has 0 aromatic heterocycles. The van der Waals surface area contributed by atoms with Gasteiger partial charge in [0.25, 0.3) is 5.91 Å². The Labute approximate surface area is 114 Å². The van der Waals surface area contributed by atoms with Crippen LogP contribution in [0.15, 0.2) is 18.2 Å². The molecule has 0 radical (unpaired) electrons. The van der Waals surface area contributed by atoms with Gasteiger partial charge in [0, 0.05) is 24.8 Å². The van der Waals surface area contributed by atoms with Crippen molar-refractivity contribution in [1.82, 2.24) is 5.32 Å². The predicted octanol–water partition coefficient (Wildman–Crippen LogP) is 2.91. The molecule has 0 unspecified atom stereocenters. The van der Waals surface area contributed by atoms with Crippen LogP contribution in [0.1, 0.15) is 29.3 Å². The average Bonchev–Trinajstić information content (AvgIpc) is 2.39. The Morgan fingerprint density at radius 1 is 1.39 bits per heavy atom. The molecule has 100 valence electrons. The third-order valence-electron chi connectivity index (χ3n) is 2.71. The number of thioether (sulfide) groups is 1. The number of hydrogen-bond acceptors (Lipinski definition) is 3. The van der Waals surface area contributed by atoms with Crippen LogP contribution in [0.5, 0.6) is 0 Å². The van der Waals surface area contributed by atoms with Gasteiger partial charge in [0.2, 0.25) is 0 Å². The molecule has 4 heteroatoms. The number of anilines is 1. The van der Waals surface area contributed by atoms with E-state index >= 15 is 0 Å². The summed E-state index contributed by atoms with van der Waals surface area (Å²) < 4.78 is 0. The molecule has 0 heterocycles. The Hall–Kier alpha value is -1.16. The van der Waals surface area contributed by atoms with Crippen LogP contribution in [-0.2, 0) is 0 Å². The van der Waals surface area contributed by atoms with Gasteiger partial charge in [-0.05, 0) is 42.5 Å². The zero-order valence-corrected chi connectivity index (χ0v) is 12.2. The molecule has 2 N–H and O–H groups in total. The van der Waals surface area contributed by atoms with Gasteiger partial charge in [0.15, 0.2) is 0 Å². The maximum absolute atomic E-state index is 11.5. The Morgan fingerprint density at radius 2 is 2.17 bits per heavy atom. The highest BCUT2D eigenvalue weighted by Crippen LogP contribution is 2.17. The van der Waals surface area contributed by atoms with Gasteiger partial charge in [0.05, 0.1) is 0 Å². The van der Waals surface area contributed by atoms with Crippen molar-refractivity contribution in [2.45, 2.75) is 20.3 Å². The maximum atomic E-state index is 11.5. The highest BCUT2D eigenvalue weighted by atomic mass is 32.2. The third kappa shape index (κ3) is 4.61. The first-order valence-electron chi connectivity index (χ1n) is 6.33. The highest BCUT2D eigenvalue weighted by Gasteiger charge is 2.05. The second-order valence-electron chi connectivity index (χ2n) is 4.09. The SMILES string of the molecule is CCSCCCNc1cc(C(=O)NC)ccc1C. The molecule has 1 rings (SSSR count). The van der Waals surface area contributed by atoms with Crippen molar-refractivity contribution in [2.24, 2.45) is 0 Å². The molecule has 0 spiro atoms. The van der Waals surface area contributed by atoms with Gasteiger partial charge in [-0.25, -0.2) is 0 Å². The fraction of sp³-hybridized carbons (Fsp3) is 0.500. The van der Waals surface area contributed by atoms with Crippen LogP contribution >= 0.6 is 11.8 Å². The standard InChI is InChI=1S/C14H22N2OS/c1-4-18-9-5-8-16-13-10-12(14(17)15-3)7-6-11(13)2/h6-7,10,16H,4-5,8-9H2,1-3H3,(H,15,17). The topological polar surface area (TPSA) is 41.1 Å². The molecule has 1 aromatic rings. The molecule has 0 saturated carbocycles. The summed E-state index contributed by atoms with van der Waals surface area (Å²) in [6.07, 6.45) is 1.14. The largest absolute Gasteiger partial charge is 0.385 e. The molecule has 0 fully saturated rings. The van der Waals surface area contributed by atoms with Gasteiger partial charge in [-0.3, -0.25) is 4.79 Å². The zero-order valence-electron chi connectivity index (χ0n) is 11.4. The van der Waals surface area contributed by atoms with E-state index in [1.807, 2.05) is 30.0 Å². The Kier molecular flexibility index (Phi) is 6.65. The van der Waals surface area contributed by atoms with Crippen molar-refractivity contribution in [3.63, 3.8) is 0 Å². The van der Waals surface area contributed by atoms with E-state index in [9.17, 15) is 4.79 Å². The van der Waals surface area contributed by atoms with Gasteiger partial charge in [-0.15, -0.1) is 0 Å². The lowest BCUT2D eigenvalue weighted by molar-refractivity contribution is 0.0963. The van der Waals surface area contributed by atoms with E-state index in [-0.39, 0.29) is 5.91 Å². The predicted molar refractivity (Wildman–Crippen MR) is 80.7 cm³/mol. The van der Waals surface area contributed by atoms with E-state index < -0.39 is 0 Å². The number of carbonyl (C=O) groups is 1. The summed E-state index contributed by atoms with van der Waals surface area (Å²) in [4.78, 5) is 11.5. The minimum atomic E-state index is -0.0420. The van der Waals surface area contributed by atoms with E-state index in [4.69, 9.17) is 0 Å². The molecule has 1 amide bonds. The van der Waals surface area contributed by atoms with Crippen LogP contribution in [0.2, 0.25) is 0 Å². The summed E-state index contributed by atoms with van der Waals surface area (Å²) >= 11 is 1.95. The summed E-state index contributed by atoms with van der Waals surface area (Å²) in [6, 6.07) is 5.75. The molecule has 18 heavy (non-hydrogen) atoms. The Bertz CT molecular complexity index is 393. The van der Waals surface area contributed by atoms with E-state index in [1.165, 1.54) is 17.1 Å². The number of benzene rings is 1. The Morgan fingerprint density at radius 3 is 2.83 bits per heavy atom. The van der Waals surface area contributed by atoms with Gasteiger partial charge in [-0.1, -0.05) is 13.0 Å². The zero-order chi connectivity index (χ0) is 13.4. The summed E-state index contributed by atoms with van der Waals surface area (Å²) in [5, 5.41) is 6.04. The van der Waals surface area contributed by atoms with Gasteiger partial charge < -0.3 is 10.6 Å². The van der Waals surface area contributed by atoms with Crippen LogP contribution in [0.25, 0.3) is 0 Å². The Balaban J connectivity index is 2.56. The van der Waals surface area contributed by atoms with E-state index in [0.29, 0.717) is 5.56 Å². The first kappa shape index (κ1) is 14.9. The third-order valence-corrected chi connectivity index (χ3v) is 3.70. The van der Waals surface area contributed by atoms with Crippen LogP contribution in [0.3, 0.4) is 0 Å². The van der Waals surface area contributed by atoms with Gasteiger partial charge in [0.1, 0.15) is 0 Å². The van der Waals surface area contributed by atoms with Crippen LogP contribution in [0.4, 0.5) is 5.69 Å². The molecule has 0 aliphatic heterocycles. The van der Waals surface area contributed by atoms with Crippen molar-refractivity contribution >= 4 is 23.4 Å². The normalized spacial score (nSPS) is 10.2.